The van der Waals surface area contributed by atoms with Crippen LogP contribution < -0.4 is 0 Å². The van der Waals surface area contributed by atoms with Gasteiger partial charge in [0.15, 0.2) is 0 Å². The molecule has 0 spiro atoms. The van der Waals surface area contributed by atoms with Gasteiger partial charge in [-0.1, -0.05) is 54.6 Å². The molecule has 1 N–H and O–H groups in total. The second-order valence-corrected chi connectivity index (χ2v) is 10.8. The van der Waals surface area contributed by atoms with Gasteiger partial charge in [-0.3, -0.25) is 0 Å². The van der Waals surface area contributed by atoms with Crippen LogP contribution in [-0.4, -0.2) is 63.8 Å². The number of aryl methyl sites for hydroxylation is 1. The fourth-order valence-electron chi connectivity index (χ4n) is 5.77. The van der Waals surface area contributed by atoms with Crippen molar-refractivity contribution in [2.75, 3.05) is 33.9 Å². The van der Waals surface area contributed by atoms with Crippen molar-refractivity contribution in [3.8, 4) is 11.3 Å². The van der Waals surface area contributed by atoms with E-state index in [9.17, 15) is 9.90 Å². The van der Waals surface area contributed by atoms with Gasteiger partial charge in [-0.15, -0.1) is 0 Å². The summed E-state index contributed by atoms with van der Waals surface area (Å²) in [6, 6.07) is 23.8. The minimum Gasteiger partial charge on any atom is -0.478 e. The number of ether oxygens (including phenoxy) is 1. The Labute approximate surface area is 239 Å². The molecule has 0 radical (unpaired) electrons. The highest BCUT2D eigenvalue weighted by atomic mass is 16.5. The Morgan fingerprint density at radius 1 is 0.976 bits per heavy atom. The molecule has 6 rings (SSSR count). The quantitative estimate of drug-likeness (QED) is 0.205. The summed E-state index contributed by atoms with van der Waals surface area (Å²) < 4.78 is 10.3. The first-order chi connectivity index (χ1) is 19.9. The Kier molecular flexibility index (Phi) is 7.30. The van der Waals surface area contributed by atoms with Gasteiger partial charge in [0.2, 0.25) is 0 Å². The maximum atomic E-state index is 12.6. The molecule has 3 heterocycles. The molecule has 7 nitrogen and oxygen atoms in total. The fourth-order valence-corrected chi connectivity index (χ4v) is 5.77. The van der Waals surface area contributed by atoms with E-state index in [1.165, 1.54) is 22.0 Å². The van der Waals surface area contributed by atoms with Crippen molar-refractivity contribution in [2.24, 2.45) is 0 Å². The number of aromatic nitrogens is 3. The van der Waals surface area contributed by atoms with Crippen LogP contribution >= 0.6 is 0 Å². The zero-order chi connectivity index (χ0) is 28.5. The van der Waals surface area contributed by atoms with E-state index in [0.29, 0.717) is 36.3 Å². The third-order valence-corrected chi connectivity index (χ3v) is 7.74. The number of imidazole rings is 1. The number of likely N-dealkylation sites (N-methyl/N-ethyl adjacent to an activating group) is 1. The van der Waals surface area contributed by atoms with Gasteiger partial charge < -0.3 is 23.7 Å². The average molecular weight is 547 g/mol. The Morgan fingerprint density at radius 3 is 2.63 bits per heavy atom. The number of hydrogen-bond acceptors (Lipinski definition) is 4. The van der Waals surface area contributed by atoms with Gasteiger partial charge in [-0.25, -0.2) is 9.78 Å². The lowest BCUT2D eigenvalue weighted by atomic mass is 9.94. The molecule has 0 amide bonds. The summed E-state index contributed by atoms with van der Waals surface area (Å²) in [5.41, 5.74) is 6.91. The molecule has 3 aromatic carbocycles. The molecule has 208 valence electrons. The zero-order valence-electron chi connectivity index (χ0n) is 23.7. The van der Waals surface area contributed by atoms with E-state index in [2.05, 4.69) is 45.2 Å². The highest BCUT2D eigenvalue weighted by Crippen LogP contribution is 2.35. The highest BCUT2D eigenvalue weighted by molar-refractivity contribution is 6.09. The molecular formula is C34H34N4O3. The molecule has 0 atom stereocenters. The number of carboxylic acid groups (broad SMARTS) is 1. The number of fused-ring (bicyclic) bond motifs is 3. The van der Waals surface area contributed by atoms with Crippen molar-refractivity contribution in [3.63, 3.8) is 0 Å². The smallest absolute Gasteiger partial charge is 0.337 e. The van der Waals surface area contributed by atoms with E-state index >= 15 is 0 Å². The van der Waals surface area contributed by atoms with E-state index in [1.54, 1.807) is 0 Å². The topological polar surface area (TPSA) is 72.0 Å². The molecule has 7 heteroatoms. The van der Waals surface area contributed by atoms with E-state index in [-0.39, 0.29) is 5.56 Å². The lowest BCUT2D eigenvalue weighted by molar-refractivity contribution is 0.0700. The molecule has 0 fully saturated rings. The molecular weight excluding hydrogens is 512 g/mol. The van der Waals surface area contributed by atoms with Crippen LogP contribution in [0.3, 0.4) is 0 Å². The third kappa shape index (κ3) is 5.10. The van der Waals surface area contributed by atoms with Gasteiger partial charge in [0.05, 0.1) is 30.2 Å². The summed E-state index contributed by atoms with van der Waals surface area (Å²) in [4.78, 5) is 19.8. The van der Waals surface area contributed by atoms with Crippen LogP contribution in [0.25, 0.3) is 38.6 Å². The number of rotatable bonds is 10. The fraction of sp³-hybridized carbons (Fsp3) is 0.235. The van der Waals surface area contributed by atoms with Crippen molar-refractivity contribution in [3.05, 3.63) is 108 Å². The number of aromatic carboxylic acids is 1. The zero-order valence-corrected chi connectivity index (χ0v) is 23.7. The normalized spacial score (nSPS) is 11.8. The predicted octanol–water partition coefficient (Wildman–Crippen LogP) is 6.28. The Bertz CT molecular complexity index is 1880. The number of nitrogens with zero attached hydrogens (tertiary/aromatic N) is 4. The lowest BCUT2D eigenvalue weighted by Crippen LogP contribution is -2.19. The van der Waals surface area contributed by atoms with Crippen molar-refractivity contribution in [1.29, 1.82) is 0 Å². The van der Waals surface area contributed by atoms with Crippen LogP contribution in [0.4, 0.5) is 0 Å². The van der Waals surface area contributed by atoms with Gasteiger partial charge in [0, 0.05) is 48.4 Å². The van der Waals surface area contributed by atoms with Crippen molar-refractivity contribution >= 4 is 33.3 Å². The molecule has 0 aliphatic heterocycles. The Morgan fingerprint density at radius 2 is 1.80 bits per heavy atom. The van der Waals surface area contributed by atoms with E-state index in [0.717, 1.165) is 29.8 Å². The molecule has 41 heavy (non-hydrogen) atoms. The lowest BCUT2D eigenvalue weighted by Gasteiger charge is -2.11. The van der Waals surface area contributed by atoms with E-state index in [1.807, 2.05) is 74.9 Å². The summed E-state index contributed by atoms with van der Waals surface area (Å²) >= 11 is 0. The Hall–Kier alpha value is -4.46. The molecule has 6 aromatic rings. The number of pyridine rings is 1. The number of hydrogen-bond donors (Lipinski definition) is 1. The number of carbonyl (C=O) groups is 1. The molecule has 3 aromatic heterocycles. The molecule has 0 saturated heterocycles. The summed E-state index contributed by atoms with van der Waals surface area (Å²) in [5, 5.41) is 13.2. The van der Waals surface area contributed by atoms with Gasteiger partial charge in [0.25, 0.3) is 0 Å². The largest absolute Gasteiger partial charge is 0.478 e. The molecule has 0 aliphatic rings. The maximum Gasteiger partial charge on any atom is 0.337 e. The van der Waals surface area contributed by atoms with Crippen LogP contribution in [0.2, 0.25) is 0 Å². The van der Waals surface area contributed by atoms with E-state index in [4.69, 9.17) is 9.72 Å². The first-order valence-electron chi connectivity index (χ1n) is 13.9. The third-order valence-electron chi connectivity index (χ3n) is 7.74. The second-order valence-electron chi connectivity index (χ2n) is 10.8. The molecule has 0 bridgehead atoms. The van der Waals surface area contributed by atoms with Crippen LogP contribution in [0.15, 0.2) is 85.2 Å². The second kappa shape index (κ2) is 11.2. The van der Waals surface area contributed by atoms with Crippen LogP contribution in [0.1, 0.15) is 27.2 Å². The van der Waals surface area contributed by atoms with Crippen molar-refractivity contribution in [1.82, 2.24) is 18.9 Å². The standard InChI is InChI=1S/C34H34N4O3/c1-23-9-8-12-28-31(23)25(22-37(28)18-20-41-19-17-36(2)3)21-29-33(35-30-13-6-7-16-38(29)30)27-15-14-24-10-4-5-11-26(24)32(27)34(39)40/h4-16,22H,17-21H2,1-3H3,(H,39,40). The van der Waals surface area contributed by atoms with Gasteiger partial charge in [-0.05, 0) is 61.1 Å². The van der Waals surface area contributed by atoms with E-state index < -0.39 is 5.97 Å². The van der Waals surface area contributed by atoms with Crippen LogP contribution in [-0.2, 0) is 17.7 Å². The van der Waals surface area contributed by atoms with Gasteiger partial charge in [-0.2, -0.15) is 0 Å². The molecule has 0 aliphatic carbocycles. The monoisotopic (exact) mass is 546 g/mol. The van der Waals surface area contributed by atoms with Crippen molar-refractivity contribution in [2.45, 2.75) is 19.9 Å². The first-order valence-corrected chi connectivity index (χ1v) is 13.9. The van der Waals surface area contributed by atoms with Crippen LogP contribution in [0.5, 0.6) is 0 Å². The summed E-state index contributed by atoms with van der Waals surface area (Å²) in [6.07, 6.45) is 4.83. The maximum absolute atomic E-state index is 12.6. The summed E-state index contributed by atoms with van der Waals surface area (Å²) in [6.45, 7) is 5.11. The SMILES string of the molecule is Cc1cccc2c1c(Cc1c(-c3ccc4ccccc4c3C(=O)O)nc3ccccn13)cn2CCOCCN(C)C. The molecule has 0 unspecified atom stereocenters. The average Bonchev–Trinajstić information content (AvgIpc) is 3.51. The van der Waals surface area contributed by atoms with Crippen LogP contribution in [0, 0.1) is 6.92 Å². The molecule has 0 saturated carbocycles. The van der Waals surface area contributed by atoms with Crippen molar-refractivity contribution < 1.29 is 14.6 Å². The minimum absolute atomic E-state index is 0.279. The summed E-state index contributed by atoms with van der Waals surface area (Å²) in [7, 11) is 4.09. The number of benzene rings is 3. The van der Waals surface area contributed by atoms with Gasteiger partial charge >= 0.3 is 5.97 Å². The first kappa shape index (κ1) is 26.7. The minimum atomic E-state index is -0.957. The highest BCUT2D eigenvalue weighted by Gasteiger charge is 2.23. The Balaban J connectivity index is 1.46. The predicted molar refractivity (Wildman–Crippen MR) is 164 cm³/mol. The number of carboxylic acids is 1. The van der Waals surface area contributed by atoms with Gasteiger partial charge in [0.1, 0.15) is 5.65 Å². The summed E-state index contributed by atoms with van der Waals surface area (Å²) in [5.74, 6) is -0.957.